The van der Waals surface area contributed by atoms with E-state index in [-0.39, 0.29) is 37.0 Å². The van der Waals surface area contributed by atoms with Crippen LogP contribution in [-0.2, 0) is 19.2 Å². The van der Waals surface area contributed by atoms with Crippen molar-refractivity contribution < 1.29 is 19.2 Å². The number of hydrogen-bond acceptors (Lipinski definition) is 10. The Labute approximate surface area is 252 Å². The molecule has 0 radical (unpaired) electrons. The minimum atomic E-state index is -0.118. The first-order valence-corrected chi connectivity index (χ1v) is 16.3. The first-order chi connectivity index (χ1) is 19.7. The van der Waals surface area contributed by atoms with Gasteiger partial charge >= 0.3 is 0 Å². The largest absolute Gasteiger partial charge is 0.339 e. The molecule has 0 atom stereocenters. The topological polar surface area (TPSA) is 139 Å². The van der Waals surface area contributed by atoms with Crippen molar-refractivity contribution in [3.63, 3.8) is 0 Å². The van der Waals surface area contributed by atoms with E-state index >= 15 is 0 Å². The van der Waals surface area contributed by atoms with Crippen LogP contribution in [0.5, 0.6) is 0 Å². The summed E-state index contributed by atoms with van der Waals surface area (Å²) in [6.45, 7) is 6.42. The van der Waals surface area contributed by atoms with Crippen LogP contribution in [0.2, 0.25) is 0 Å². The number of hydrogen-bond donors (Lipinski definition) is 4. The van der Waals surface area contributed by atoms with Gasteiger partial charge in [-0.25, -0.2) is 4.98 Å². The molecule has 0 aromatic carbocycles. The number of amides is 4. The third kappa shape index (κ3) is 21.0. The molecule has 232 valence electrons. The molecule has 0 fully saturated rings. The van der Waals surface area contributed by atoms with Crippen LogP contribution >= 0.6 is 21.6 Å². The minimum Gasteiger partial charge on any atom is -0.339 e. The molecule has 12 nitrogen and oxygen atoms in total. The minimum absolute atomic E-state index is 0.0663. The summed E-state index contributed by atoms with van der Waals surface area (Å²) in [5.41, 5.74) is 0. The summed E-state index contributed by atoms with van der Waals surface area (Å²) in [7, 11) is 9.26. The Balaban J connectivity index is 2.01. The van der Waals surface area contributed by atoms with Gasteiger partial charge in [-0.2, -0.15) is 0 Å². The zero-order valence-corrected chi connectivity index (χ0v) is 26.6. The highest BCUT2D eigenvalue weighted by Crippen LogP contribution is 2.28. The van der Waals surface area contributed by atoms with Crippen LogP contribution in [0.3, 0.4) is 0 Å². The summed E-state index contributed by atoms with van der Waals surface area (Å²) >= 11 is 0. The first-order valence-electron chi connectivity index (χ1n) is 14.0. The summed E-state index contributed by atoms with van der Waals surface area (Å²) in [6, 6.07) is 5.85. The number of nitrogens with one attached hydrogen (secondary N) is 4. The van der Waals surface area contributed by atoms with Crippen molar-refractivity contribution in [2.75, 3.05) is 79.5 Å². The first kappa shape index (κ1) is 36.6. The SMILES string of the molecule is CCCC(=O)NCNC(=O)CCN(C)CCN(C)CCC(=O)NCNC(=O)CCN(C)CCSSc1ccccn1. The van der Waals surface area contributed by atoms with Crippen LogP contribution in [0, 0.1) is 0 Å². The number of carbonyl (C=O) groups is 4. The Kier molecular flexibility index (Phi) is 20.7. The monoisotopic (exact) mass is 612 g/mol. The zero-order valence-electron chi connectivity index (χ0n) is 24.9. The molecule has 0 bridgehead atoms. The second kappa shape index (κ2) is 23.2. The van der Waals surface area contributed by atoms with E-state index in [0.29, 0.717) is 45.3 Å². The van der Waals surface area contributed by atoms with Gasteiger partial charge in [0, 0.05) is 76.9 Å². The third-order valence-electron chi connectivity index (χ3n) is 5.98. The van der Waals surface area contributed by atoms with Crippen molar-refractivity contribution in [2.45, 2.75) is 44.1 Å². The van der Waals surface area contributed by atoms with E-state index in [1.54, 1.807) is 27.8 Å². The van der Waals surface area contributed by atoms with E-state index in [4.69, 9.17) is 0 Å². The highest BCUT2D eigenvalue weighted by molar-refractivity contribution is 8.76. The lowest BCUT2D eigenvalue weighted by atomic mass is 10.3. The third-order valence-corrected chi connectivity index (χ3v) is 8.23. The Morgan fingerprint density at radius 3 is 1.59 bits per heavy atom. The Hall–Kier alpha value is -2.39. The average Bonchev–Trinajstić information content (AvgIpc) is 2.95. The van der Waals surface area contributed by atoms with Crippen molar-refractivity contribution in [1.29, 1.82) is 0 Å². The molecule has 0 spiro atoms. The molecule has 0 aliphatic carbocycles. The van der Waals surface area contributed by atoms with Crippen LogP contribution in [0.25, 0.3) is 0 Å². The molecule has 0 aliphatic heterocycles. The van der Waals surface area contributed by atoms with E-state index in [0.717, 1.165) is 36.8 Å². The Morgan fingerprint density at radius 2 is 1.15 bits per heavy atom. The summed E-state index contributed by atoms with van der Waals surface area (Å²) in [4.78, 5) is 58.0. The van der Waals surface area contributed by atoms with Crippen LogP contribution in [-0.4, -0.2) is 123 Å². The molecule has 14 heteroatoms. The van der Waals surface area contributed by atoms with Gasteiger partial charge in [-0.05, 0) is 50.5 Å². The van der Waals surface area contributed by atoms with Crippen LogP contribution in [0.1, 0.15) is 39.0 Å². The Bertz CT molecular complexity index is 897. The predicted molar refractivity (Wildman–Crippen MR) is 166 cm³/mol. The molecule has 0 aliphatic rings. The highest BCUT2D eigenvalue weighted by atomic mass is 33.1. The molecular weight excluding hydrogens is 564 g/mol. The average molecular weight is 613 g/mol. The molecule has 0 saturated carbocycles. The fraction of sp³-hybridized carbons (Fsp3) is 0.667. The van der Waals surface area contributed by atoms with Crippen molar-refractivity contribution in [1.82, 2.24) is 41.0 Å². The molecule has 1 aromatic heterocycles. The molecule has 1 aromatic rings. The normalized spacial score (nSPS) is 11.1. The van der Waals surface area contributed by atoms with Crippen LogP contribution in [0.15, 0.2) is 29.4 Å². The molecule has 0 saturated heterocycles. The van der Waals surface area contributed by atoms with Gasteiger partial charge in [0.05, 0.1) is 13.3 Å². The summed E-state index contributed by atoms with van der Waals surface area (Å²) in [5, 5.41) is 11.8. The highest BCUT2D eigenvalue weighted by Gasteiger charge is 2.09. The molecule has 1 rings (SSSR count). The molecule has 4 amide bonds. The van der Waals surface area contributed by atoms with Gasteiger partial charge in [-0.1, -0.05) is 23.8 Å². The quantitative estimate of drug-likeness (QED) is 0.0803. The maximum atomic E-state index is 12.1. The van der Waals surface area contributed by atoms with Crippen molar-refractivity contribution in [3.8, 4) is 0 Å². The fourth-order valence-corrected chi connectivity index (χ4v) is 5.27. The van der Waals surface area contributed by atoms with Gasteiger partial charge in [0.15, 0.2) is 0 Å². The zero-order chi connectivity index (χ0) is 30.3. The van der Waals surface area contributed by atoms with Gasteiger partial charge in [0.2, 0.25) is 23.6 Å². The van der Waals surface area contributed by atoms with Gasteiger partial charge in [-0.15, -0.1) is 0 Å². The second-order valence-corrected chi connectivity index (χ2v) is 12.2. The standard InChI is InChI=1S/C27H48N8O4S2/c1-5-8-23(36)29-21-30-24(37)10-14-33(2)17-18-34(3)15-11-25(38)31-22-32-26(39)12-16-35(4)19-20-40-41-27-9-6-7-13-28-27/h6-7,9,13H,5,8,10-12,14-22H2,1-4H3,(H,29,36)(H,30,37)(H,31,38)(H,32,39). The molecule has 0 unspecified atom stereocenters. The number of carbonyl (C=O) groups excluding carboxylic acids is 4. The molecule has 4 N–H and O–H groups in total. The number of likely N-dealkylation sites (N-methyl/N-ethyl adjacent to an activating group) is 2. The molecule has 41 heavy (non-hydrogen) atoms. The van der Waals surface area contributed by atoms with Crippen LogP contribution < -0.4 is 21.3 Å². The smallest absolute Gasteiger partial charge is 0.222 e. The lowest BCUT2D eigenvalue weighted by Gasteiger charge is -2.21. The van der Waals surface area contributed by atoms with E-state index in [1.165, 1.54) is 0 Å². The predicted octanol–water partition coefficient (Wildman–Crippen LogP) is 0.968. The van der Waals surface area contributed by atoms with Gasteiger partial charge in [0.25, 0.3) is 0 Å². The summed E-state index contributed by atoms with van der Waals surface area (Å²) in [5.74, 6) is 0.543. The summed E-state index contributed by atoms with van der Waals surface area (Å²) in [6.07, 6.45) is 4.06. The van der Waals surface area contributed by atoms with Gasteiger partial charge in [-0.3, -0.25) is 19.2 Å². The maximum absolute atomic E-state index is 12.1. The number of pyridine rings is 1. The lowest BCUT2D eigenvalue weighted by molar-refractivity contribution is -0.124. The van der Waals surface area contributed by atoms with Gasteiger partial charge < -0.3 is 36.0 Å². The van der Waals surface area contributed by atoms with Crippen LogP contribution in [0.4, 0.5) is 0 Å². The van der Waals surface area contributed by atoms with Gasteiger partial charge in [0.1, 0.15) is 5.03 Å². The van der Waals surface area contributed by atoms with E-state index < -0.39 is 0 Å². The van der Waals surface area contributed by atoms with Crippen molar-refractivity contribution >= 4 is 45.2 Å². The van der Waals surface area contributed by atoms with E-state index in [1.807, 2.05) is 46.3 Å². The second-order valence-electron chi connectivity index (χ2n) is 9.74. The number of aromatic nitrogens is 1. The summed E-state index contributed by atoms with van der Waals surface area (Å²) < 4.78 is 0. The fourth-order valence-electron chi connectivity index (χ4n) is 3.31. The van der Waals surface area contributed by atoms with E-state index in [9.17, 15) is 19.2 Å². The Morgan fingerprint density at radius 1 is 0.683 bits per heavy atom. The van der Waals surface area contributed by atoms with Crippen molar-refractivity contribution in [2.24, 2.45) is 0 Å². The van der Waals surface area contributed by atoms with Crippen molar-refractivity contribution in [3.05, 3.63) is 24.4 Å². The molecular formula is C27H48N8O4S2. The number of nitrogens with zero attached hydrogens (tertiary/aromatic N) is 4. The maximum Gasteiger partial charge on any atom is 0.222 e. The number of rotatable bonds is 23. The lowest BCUT2D eigenvalue weighted by Crippen LogP contribution is -2.40. The molecule has 1 heterocycles. The van der Waals surface area contributed by atoms with E-state index in [2.05, 4.69) is 41.0 Å².